The summed E-state index contributed by atoms with van der Waals surface area (Å²) in [5, 5.41) is 10.6. The second kappa shape index (κ2) is 17.6. The van der Waals surface area contributed by atoms with Gasteiger partial charge in [0.25, 0.3) is 0 Å². The average molecular weight is 703 g/mol. The van der Waals surface area contributed by atoms with E-state index in [0.717, 1.165) is 32.5 Å². The number of benzene rings is 2. The molecule has 0 spiro atoms. The molecule has 0 saturated carbocycles. The Kier molecular flexibility index (Phi) is 13.6. The van der Waals surface area contributed by atoms with Gasteiger partial charge in [-0.15, -0.1) is 0 Å². The quantitative estimate of drug-likeness (QED) is 0.110. The van der Waals surface area contributed by atoms with Crippen LogP contribution in [0.25, 0.3) is 0 Å². The minimum atomic E-state index is -0.947. The van der Waals surface area contributed by atoms with Gasteiger partial charge in [-0.1, -0.05) is 0 Å². The van der Waals surface area contributed by atoms with Gasteiger partial charge in [0.1, 0.15) is 13.2 Å². The van der Waals surface area contributed by atoms with Crippen LogP contribution in [0.15, 0.2) is 58.3 Å². The van der Waals surface area contributed by atoms with Gasteiger partial charge < -0.3 is 24.1 Å². The van der Waals surface area contributed by atoms with Crippen LogP contribution in [0.1, 0.15) is 53.3 Å². The average Bonchev–Trinajstić information content (AvgIpc) is 3.50. The molecule has 4 atom stereocenters. The van der Waals surface area contributed by atoms with Crippen molar-refractivity contribution in [1.29, 1.82) is 0 Å². The summed E-state index contributed by atoms with van der Waals surface area (Å²) in [7, 11) is 3.00. The van der Waals surface area contributed by atoms with Crippen LogP contribution < -0.4 is 0 Å². The largest absolute Gasteiger partial charge is 0.460 e. The summed E-state index contributed by atoms with van der Waals surface area (Å²) in [5.41, 5.74) is 0.634. The lowest BCUT2D eigenvalue weighted by molar-refractivity contribution is -0.134. The number of carbonyl (C=O) groups is 6. The number of ether oxygens (including phenoxy) is 4. The number of aliphatic hydroxyl groups excluding tert-OH is 1. The molecule has 2 aliphatic rings. The molecule has 2 aromatic carbocycles. The fourth-order valence-corrected chi connectivity index (χ4v) is 7.10. The van der Waals surface area contributed by atoms with Gasteiger partial charge in [-0.2, -0.15) is 0 Å². The van der Waals surface area contributed by atoms with Gasteiger partial charge in [0.05, 0.1) is 36.4 Å². The van der Waals surface area contributed by atoms with E-state index >= 15 is 0 Å². The van der Waals surface area contributed by atoms with Gasteiger partial charge in [0.2, 0.25) is 23.6 Å². The molecule has 0 aromatic heterocycles. The van der Waals surface area contributed by atoms with Crippen molar-refractivity contribution in [2.45, 2.75) is 48.5 Å². The highest BCUT2D eigenvalue weighted by atomic mass is 32.2. The Morgan fingerprint density at radius 2 is 1.21 bits per heavy atom. The number of nitrogens with zero attached hydrogens (tertiary/aromatic N) is 2. The Hall–Kier alpha value is -3.76. The van der Waals surface area contributed by atoms with Crippen molar-refractivity contribution in [3.05, 3.63) is 59.7 Å². The lowest BCUT2D eigenvalue weighted by Gasteiger charge is -2.25. The maximum atomic E-state index is 13.4. The summed E-state index contributed by atoms with van der Waals surface area (Å²) < 4.78 is 22.1. The van der Waals surface area contributed by atoms with Gasteiger partial charge in [0.15, 0.2) is 0 Å². The van der Waals surface area contributed by atoms with Crippen LogP contribution in [0.5, 0.6) is 0 Å². The highest BCUT2D eigenvalue weighted by Crippen LogP contribution is 2.40. The van der Waals surface area contributed by atoms with Crippen LogP contribution in [0.2, 0.25) is 0 Å². The van der Waals surface area contributed by atoms with Crippen molar-refractivity contribution in [1.82, 2.24) is 8.61 Å². The SMILES string of the molecule is COCCOC(=O)c1ccc(SN2C(=O)CC(CCC(C(C)O)C3CC(=O)N(Sc4ccc(C(=O)OCCOC)cc4)C3=O)C2=O)cc1. The van der Waals surface area contributed by atoms with Crippen molar-refractivity contribution in [3.63, 3.8) is 0 Å². The number of rotatable bonds is 17. The molecule has 13 nitrogen and oxygen atoms in total. The first-order valence-electron chi connectivity index (χ1n) is 15.3. The summed E-state index contributed by atoms with van der Waals surface area (Å²) in [4.78, 5) is 77.7. The molecule has 0 aliphatic carbocycles. The van der Waals surface area contributed by atoms with Crippen molar-refractivity contribution < 1.29 is 52.8 Å². The summed E-state index contributed by atoms with van der Waals surface area (Å²) in [6.07, 6.45) is -0.561. The smallest absolute Gasteiger partial charge is 0.338 e. The number of methoxy groups -OCH3 is 2. The third kappa shape index (κ3) is 9.44. The zero-order valence-electron chi connectivity index (χ0n) is 26.8. The van der Waals surface area contributed by atoms with E-state index in [0.29, 0.717) is 20.9 Å². The number of hydrogen-bond donors (Lipinski definition) is 1. The molecular weight excluding hydrogens is 665 g/mol. The van der Waals surface area contributed by atoms with E-state index < -0.39 is 47.6 Å². The number of amides is 4. The van der Waals surface area contributed by atoms with E-state index in [-0.39, 0.29) is 63.9 Å². The predicted molar refractivity (Wildman–Crippen MR) is 173 cm³/mol. The molecule has 2 heterocycles. The van der Waals surface area contributed by atoms with Crippen LogP contribution in [0.4, 0.5) is 0 Å². The van der Waals surface area contributed by atoms with Crippen LogP contribution in [0, 0.1) is 17.8 Å². The molecule has 2 aliphatic heterocycles. The van der Waals surface area contributed by atoms with Crippen LogP contribution in [0.3, 0.4) is 0 Å². The number of aliphatic hydroxyl groups is 1. The molecule has 2 saturated heterocycles. The minimum Gasteiger partial charge on any atom is -0.460 e. The Labute approximate surface area is 286 Å². The molecule has 0 radical (unpaired) electrons. The van der Waals surface area contributed by atoms with Gasteiger partial charge in [0, 0.05) is 42.8 Å². The van der Waals surface area contributed by atoms with Crippen LogP contribution in [-0.4, -0.2) is 96.0 Å². The number of imide groups is 2. The topological polar surface area (TPSA) is 166 Å². The lowest BCUT2D eigenvalue weighted by atomic mass is 9.81. The van der Waals surface area contributed by atoms with E-state index in [1.54, 1.807) is 43.3 Å². The van der Waals surface area contributed by atoms with Crippen molar-refractivity contribution in [3.8, 4) is 0 Å². The van der Waals surface area contributed by atoms with Gasteiger partial charge in [-0.05, 0) is 98.1 Å². The molecule has 48 heavy (non-hydrogen) atoms. The Morgan fingerprint density at radius 3 is 1.67 bits per heavy atom. The standard InChI is InChI=1S/C33H38N2O11S2/c1-20(36)26(27-19-29(38)35(31(27)40)48-25-11-6-22(7-12-25)33(42)46-17-15-44-3)13-8-23-18-28(37)34(30(23)39)47-24-9-4-21(5-10-24)32(41)45-16-14-43-2/h4-7,9-12,20,23,26-27,36H,8,13-19H2,1-3H3. The molecule has 4 amide bonds. The summed E-state index contributed by atoms with van der Waals surface area (Å²) in [6, 6.07) is 12.6. The number of hydrogen-bond acceptors (Lipinski definition) is 13. The highest BCUT2D eigenvalue weighted by molar-refractivity contribution is 7.98. The van der Waals surface area contributed by atoms with Crippen molar-refractivity contribution >= 4 is 59.5 Å². The second-order valence-corrected chi connectivity index (χ2v) is 13.3. The summed E-state index contributed by atoms with van der Waals surface area (Å²) in [5.74, 6) is -4.68. The zero-order chi connectivity index (χ0) is 34.8. The van der Waals surface area contributed by atoms with Gasteiger partial charge in [-0.3, -0.25) is 19.2 Å². The van der Waals surface area contributed by atoms with E-state index in [1.807, 2.05) is 0 Å². The fraction of sp³-hybridized carbons (Fsp3) is 0.455. The number of esters is 2. The maximum absolute atomic E-state index is 13.4. The second-order valence-electron chi connectivity index (χ2n) is 11.2. The molecule has 2 aromatic rings. The fourth-order valence-electron chi connectivity index (χ4n) is 5.34. The Morgan fingerprint density at radius 1 is 0.750 bits per heavy atom. The first kappa shape index (κ1) is 37.1. The predicted octanol–water partition coefficient (Wildman–Crippen LogP) is 3.53. The molecule has 258 valence electrons. The van der Waals surface area contributed by atoms with Gasteiger partial charge in [-0.25, -0.2) is 18.2 Å². The normalized spacial score (nSPS) is 19.2. The van der Waals surface area contributed by atoms with E-state index in [4.69, 9.17) is 18.9 Å². The molecule has 15 heteroatoms. The van der Waals surface area contributed by atoms with E-state index in [2.05, 4.69) is 0 Å². The van der Waals surface area contributed by atoms with Gasteiger partial charge >= 0.3 is 11.9 Å². The Bertz CT molecular complexity index is 1480. The highest BCUT2D eigenvalue weighted by Gasteiger charge is 2.46. The summed E-state index contributed by atoms with van der Waals surface area (Å²) >= 11 is 1.90. The van der Waals surface area contributed by atoms with Crippen LogP contribution >= 0.6 is 23.9 Å². The molecular formula is C33H38N2O11S2. The monoisotopic (exact) mass is 702 g/mol. The first-order chi connectivity index (χ1) is 23.0. The maximum Gasteiger partial charge on any atom is 0.338 e. The summed E-state index contributed by atoms with van der Waals surface area (Å²) in [6.45, 7) is 2.32. The minimum absolute atomic E-state index is 0.0162. The van der Waals surface area contributed by atoms with Crippen molar-refractivity contribution in [2.24, 2.45) is 17.8 Å². The molecule has 4 rings (SSSR count). The van der Waals surface area contributed by atoms with Crippen molar-refractivity contribution in [2.75, 3.05) is 40.6 Å². The lowest BCUT2D eigenvalue weighted by Crippen LogP contribution is -2.32. The first-order valence-corrected chi connectivity index (χ1v) is 16.9. The Balaban J connectivity index is 1.31. The third-order valence-corrected chi connectivity index (χ3v) is 10.0. The van der Waals surface area contributed by atoms with E-state index in [1.165, 1.54) is 26.4 Å². The molecule has 0 bridgehead atoms. The zero-order valence-corrected chi connectivity index (χ0v) is 28.5. The number of carbonyl (C=O) groups excluding carboxylic acids is 6. The molecule has 2 fully saturated rings. The van der Waals surface area contributed by atoms with Crippen LogP contribution in [-0.2, 0) is 38.1 Å². The third-order valence-electron chi connectivity index (χ3n) is 7.93. The molecule has 4 unspecified atom stereocenters. The molecule has 1 N–H and O–H groups in total. The van der Waals surface area contributed by atoms with E-state index in [9.17, 15) is 33.9 Å².